The highest BCUT2D eigenvalue weighted by Crippen LogP contribution is 2.23. The lowest BCUT2D eigenvalue weighted by atomic mass is 10.2. The number of aromatic nitrogens is 2. The predicted molar refractivity (Wildman–Crippen MR) is 99.1 cm³/mol. The molecule has 8 heteroatoms. The van der Waals surface area contributed by atoms with Crippen LogP contribution in [0.3, 0.4) is 0 Å². The maximum atomic E-state index is 12.5. The second-order valence-corrected chi connectivity index (χ2v) is 7.37. The highest BCUT2D eigenvalue weighted by Gasteiger charge is 2.17. The minimum Gasteiger partial charge on any atom is -0.369 e. The van der Waals surface area contributed by atoms with Crippen molar-refractivity contribution in [3.63, 3.8) is 0 Å². The zero-order valence-corrected chi connectivity index (χ0v) is 15.1. The van der Waals surface area contributed by atoms with Crippen LogP contribution in [0.4, 0.5) is 5.13 Å². The van der Waals surface area contributed by atoms with E-state index in [1.54, 1.807) is 5.38 Å². The number of benzene rings is 1. The molecular weight excluding hydrogens is 356 g/mol. The number of carbonyl (C=O) groups excluding carboxylic acids is 2. The molecule has 3 rings (SSSR count). The number of nitrogens with zero attached hydrogens (tertiary/aromatic N) is 2. The van der Waals surface area contributed by atoms with E-state index in [0.29, 0.717) is 27.8 Å². The van der Waals surface area contributed by atoms with Gasteiger partial charge in [0, 0.05) is 11.8 Å². The number of anilines is 1. The fraction of sp³-hybridized carbons (Fsp3) is 0.176. The maximum absolute atomic E-state index is 12.5. The van der Waals surface area contributed by atoms with Crippen LogP contribution in [0.5, 0.6) is 0 Å². The number of primary amides is 1. The van der Waals surface area contributed by atoms with Crippen LogP contribution in [0.25, 0.3) is 0 Å². The van der Waals surface area contributed by atoms with Crippen LogP contribution in [0, 0.1) is 6.92 Å². The minimum atomic E-state index is -0.452. The smallest absolute Gasteiger partial charge is 0.269 e. The van der Waals surface area contributed by atoms with Gasteiger partial charge in [-0.3, -0.25) is 14.9 Å². The van der Waals surface area contributed by atoms with Crippen molar-refractivity contribution in [2.45, 2.75) is 19.8 Å². The summed E-state index contributed by atoms with van der Waals surface area (Å²) < 4.78 is 0. The largest absolute Gasteiger partial charge is 0.369 e. The van der Waals surface area contributed by atoms with E-state index in [1.807, 2.05) is 37.3 Å². The first-order chi connectivity index (χ1) is 12.0. The summed E-state index contributed by atoms with van der Waals surface area (Å²) in [6, 6.07) is 10.00. The van der Waals surface area contributed by atoms with E-state index in [1.165, 1.54) is 22.7 Å². The highest BCUT2D eigenvalue weighted by atomic mass is 32.1. The Kier molecular flexibility index (Phi) is 5.20. The number of aryl methyl sites for hydroxylation is 1. The van der Waals surface area contributed by atoms with Gasteiger partial charge in [-0.15, -0.1) is 22.7 Å². The Morgan fingerprint density at radius 3 is 2.68 bits per heavy atom. The molecule has 0 aliphatic rings. The van der Waals surface area contributed by atoms with Crippen molar-refractivity contribution in [3.8, 4) is 0 Å². The van der Waals surface area contributed by atoms with E-state index < -0.39 is 5.91 Å². The molecule has 0 fully saturated rings. The number of rotatable bonds is 6. The number of thiazole rings is 2. The van der Waals surface area contributed by atoms with E-state index in [-0.39, 0.29) is 12.3 Å². The molecule has 6 nitrogen and oxygen atoms in total. The molecule has 2 heterocycles. The van der Waals surface area contributed by atoms with Crippen molar-refractivity contribution in [1.29, 1.82) is 0 Å². The van der Waals surface area contributed by atoms with Crippen LogP contribution in [-0.4, -0.2) is 21.8 Å². The summed E-state index contributed by atoms with van der Waals surface area (Å²) in [7, 11) is 0. The fourth-order valence-electron chi connectivity index (χ4n) is 2.29. The molecule has 2 aromatic heterocycles. The quantitative estimate of drug-likeness (QED) is 0.695. The van der Waals surface area contributed by atoms with Crippen LogP contribution in [0.15, 0.2) is 35.7 Å². The molecule has 2 amide bonds. The van der Waals surface area contributed by atoms with Gasteiger partial charge in [-0.25, -0.2) is 9.97 Å². The van der Waals surface area contributed by atoms with Gasteiger partial charge >= 0.3 is 0 Å². The number of amides is 2. The van der Waals surface area contributed by atoms with Crippen molar-refractivity contribution in [3.05, 3.63) is 62.5 Å². The summed E-state index contributed by atoms with van der Waals surface area (Å²) in [5.41, 5.74) is 7.55. The zero-order chi connectivity index (χ0) is 17.8. The second-order valence-electron chi connectivity index (χ2n) is 5.43. The molecule has 0 unspecified atom stereocenters. The molecule has 3 N–H and O–H groups in total. The van der Waals surface area contributed by atoms with Gasteiger partial charge in [0.25, 0.3) is 5.91 Å². The Morgan fingerprint density at radius 2 is 1.96 bits per heavy atom. The molecule has 1 aromatic carbocycles. The summed E-state index contributed by atoms with van der Waals surface area (Å²) in [4.78, 5) is 32.6. The van der Waals surface area contributed by atoms with Crippen molar-refractivity contribution >= 4 is 39.6 Å². The molecule has 0 aliphatic heterocycles. The summed E-state index contributed by atoms with van der Waals surface area (Å²) in [5.74, 6) is -0.693. The normalized spacial score (nSPS) is 10.6. The van der Waals surface area contributed by atoms with Crippen LogP contribution >= 0.6 is 22.7 Å². The topological polar surface area (TPSA) is 98.0 Å². The van der Waals surface area contributed by atoms with Crippen molar-refractivity contribution < 1.29 is 9.59 Å². The zero-order valence-electron chi connectivity index (χ0n) is 13.5. The Bertz CT molecular complexity index is 903. The van der Waals surface area contributed by atoms with Crippen LogP contribution in [-0.2, 0) is 17.6 Å². The summed E-state index contributed by atoms with van der Waals surface area (Å²) in [6.45, 7) is 1.82. The number of carbonyl (C=O) groups is 2. The maximum Gasteiger partial charge on any atom is 0.269 e. The van der Waals surface area contributed by atoms with Gasteiger partial charge in [0.15, 0.2) is 5.13 Å². The lowest BCUT2D eigenvalue weighted by Gasteiger charge is -1.99. The first-order valence-electron chi connectivity index (χ1n) is 7.55. The van der Waals surface area contributed by atoms with Crippen molar-refractivity contribution in [2.75, 3.05) is 5.32 Å². The van der Waals surface area contributed by atoms with Crippen LogP contribution in [0.1, 0.15) is 31.6 Å². The molecular formula is C17H16N4O2S2. The van der Waals surface area contributed by atoms with Crippen LogP contribution in [0.2, 0.25) is 0 Å². The van der Waals surface area contributed by atoms with Gasteiger partial charge in [0.1, 0.15) is 4.88 Å². The van der Waals surface area contributed by atoms with Crippen molar-refractivity contribution in [2.24, 2.45) is 5.73 Å². The lowest BCUT2D eigenvalue weighted by molar-refractivity contribution is -0.117. The third-order valence-corrected chi connectivity index (χ3v) is 5.34. The summed E-state index contributed by atoms with van der Waals surface area (Å²) >= 11 is 2.64. The van der Waals surface area contributed by atoms with Crippen molar-refractivity contribution in [1.82, 2.24) is 9.97 Å². The minimum absolute atomic E-state index is 0.0627. The fourth-order valence-corrected chi connectivity index (χ4v) is 3.99. The van der Waals surface area contributed by atoms with E-state index >= 15 is 0 Å². The van der Waals surface area contributed by atoms with Gasteiger partial charge in [0.2, 0.25) is 5.91 Å². The summed E-state index contributed by atoms with van der Waals surface area (Å²) in [6.07, 6.45) is 0.757. The molecule has 128 valence electrons. The molecule has 0 bridgehead atoms. The standard InChI is InChI=1S/C17H16N4O2S2/c1-10-15(25-14(19-10)7-11-5-3-2-4-6-11)16(23)21-17-20-12(9-24-17)8-13(18)22/h2-6,9H,7-8H2,1H3,(H2,18,22)(H,20,21,23). The third kappa shape index (κ3) is 4.49. The SMILES string of the molecule is Cc1nc(Cc2ccccc2)sc1C(=O)Nc1nc(CC(N)=O)cs1. The van der Waals surface area contributed by atoms with Gasteiger partial charge in [-0.1, -0.05) is 30.3 Å². The molecule has 0 saturated carbocycles. The van der Waals surface area contributed by atoms with Gasteiger partial charge < -0.3 is 5.73 Å². The molecule has 0 aliphatic carbocycles. The first-order valence-corrected chi connectivity index (χ1v) is 9.25. The Hall–Kier alpha value is -2.58. The molecule has 0 spiro atoms. The Labute approximate surface area is 152 Å². The second kappa shape index (κ2) is 7.54. The molecule has 0 saturated heterocycles. The molecule has 0 radical (unpaired) electrons. The lowest BCUT2D eigenvalue weighted by Crippen LogP contribution is -2.14. The number of hydrogen-bond acceptors (Lipinski definition) is 6. The average molecular weight is 372 g/mol. The van der Waals surface area contributed by atoms with E-state index in [0.717, 1.165) is 10.6 Å². The summed E-state index contributed by atoms with van der Waals surface area (Å²) in [5, 5.41) is 5.80. The van der Waals surface area contributed by atoms with E-state index in [4.69, 9.17) is 5.73 Å². The van der Waals surface area contributed by atoms with Gasteiger partial charge in [-0.05, 0) is 12.5 Å². The molecule has 0 atom stereocenters. The van der Waals surface area contributed by atoms with E-state index in [2.05, 4.69) is 15.3 Å². The Balaban J connectivity index is 1.70. The van der Waals surface area contributed by atoms with Gasteiger partial charge in [0.05, 0.1) is 22.8 Å². The molecule has 3 aromatic rings. The first kappa shape index (κ1) is 17.2. The predicted octanol–water partition coefficient (Wildman–Crippen LogP) is 2.78. The monoisotopic (exact) mass is 372 g/mol. The van der Waals surface area contributed by atoms with Gasteiger partial charge in [-0.2, -0.15) is 0 Å². The molecule has 25 heavy (non-hydrogen) atoms. The number of nitrogens with one attached hydrogen (secondary N) is 1. The number of hydrogen-bond donors (Lipinski definition) is 2. The number of nitrogens with two attached hydrogens (primary N) is 1. The Morgan fingerprint density at radius 1 is 1.20 bits per heavy atom. The van der Waals surface area contributed by atoms with E-state index in [9.17, 15) is 9.59 Å². The third-order valence-electron chi connectivity index (χ3n) is 3.37. The average Bonchev–Trinajstić information content (AvgIpc) is 3.14. The van der Waals surface area contributed by atoms with Crippen LogP contribution < -0.4 is 11.1 Å². The highest BCUT2D eigenvalue weighted by molar-refractivity contribution is 7.15.